The van der Waals surface area contributed by atoms with Crippen LogP contribution in [0.5, 0.6) is 0 Å². The van der Waals surface area contributed by atoms with Gasteiger partial charge in [0.05, 0.1) is 13.2 Å². The van der Waals surface area contributed by atoms with Crippen molar-refractivity contribution >= 4 is 0 Å². The molecule has 0 aliphatic heterocycles. The van der Waals surface area contributed by atoms with Crippen molar-refractivity contribution in [3.05, 3.63) is 0 Å². The van der Waals surface area contributed by atoms with Gasteiger partial charge in [-0.25, -0.2) is 0 Å². The number of hydrogen-bond donors (Lipinski definition) is 1. The molecule has 170 valence electrons. The maximum Gasteiger partial charge on any atom is 0.104 e. The fourth-order valence-electron chi connectivity index (χ4n) is 3.55. The first-order valence-corrected chi connectivity index (χ1v) is 12.6. The van der Waals surface area contributed by atoms with Gasteiger partial charge in [0.15, 0.2) is 0 Å². The van der Waals surface area contributed by atoms with E-state index >= 15 is 0 Å². The van der Waals surface area contributed by atoms with Crippen molar-refractivity contribution in [3.63, 3.8) is 0 Å². The van der Waals surface area contributed by atoms with Gasteiger partial charge in [-0.05, 0) is 12.8 Å². The van der Waals surface area contributed by atoms with Gasteiger partial charge >= 0.3 is 0 Å². The zero-order valence-corrected chi connectivity index (χ0v) is 19.4. The fraction of sp³-hybridized carbons (Fsp3) is 1.00. The summed E-state index contributed by atoms with van der Waals surface area (Å²) >= 11 is 0. The molecule has 0 spiro atoms. The quantitative estimate of drug-likeness (QED) is 0.171. The molecule has 0 heterocycles. The van der Waals surface area contributed by atoms with E-state index in [0.29, 0.717) is 6.61 Å². The van der Waals surface area contributed by atoms with E-state index in [9.17, 15) is 5.11 Å². The molecule has 0 aliphatic carbocycles. The van der Waals surface area contributed by atoms with Crippen LogP contribution in [0, 0.1) is 0 Å². The normalized spacial score (nSPS) is 12.5. The minimum absolute atomic E-state index is 0.0647. The molecule has 1 unspecified atom stereocenters. The third-order valence-electron chi connectivity index (χ3n) is 5.50. The van der Waals surface area contributed by atoms with Gasteiger partial charge in [0.2, 0.25) is 0 Å². The van der Waals surface area contributed by atoms with Crippen LogP contribution in [0.25, 0.3) is 0 Å². The van der Waals surface area contributed by atoms with Crippen molar-refractivity contribution in [3.8, 4) is 0 Å². The van der Waals surface area contributed by atoms with Crippen LogP contribution in [-0.2, 0) is 9.47 Å². The summed E-state index contributed by atoms with van der Waals surface area (Å²) < 4.78 is 11.5. The molecule has 0 fully saturated rings. The molecule has 0 amide bonds. The second kappa shape index (κ2) is 24.9. The van der Waals surface area contributed by atoms with Crippen LogP contribution in [0.4, 0.5) is 0 Å². The van der Waals surface area contributed by atoms with E-state index in [1.54, 1.807) is 0 Å². The Morgan fingerprint density at radius 2 is 0.929 bits per heavy atom. The van der Waals surface area contributed by atoms with Crippen molar-refractivity contribution < 1.29 is 14.6 Å². The lowest BCUT2D eigenvalue weighted by Gasteiger charge is -2.15. The molecule has 0 radical (unpaired) electrons. The molecule has 3 heteroatoms. The Bertz CT molecular complexity index is 271. The van der Waals surface area contributed by atoms with Gasteiger partial charge in [0.1, 0.15) is 6.10 Å². The SMILES string of the molecule is CCCCCCCCCCCOCC(CO)OCCCCCCCCCCC. The molecule has 0 aromatic rings. The summed E-state index contributed by atoms with van der Waals surface area (Å²) in [6.45, 7) is 6.68. The molecular weight excluding hydrogens is 348 g/mol. The molecule has 0 saturated heterocycles. The first-order chi connectivity index (χ1) is 13.8. The number of ether oxygens (including phenoxy) is 2. The summed E-state index contributed by atoms with van der Waals surface area (Å²) in [6, 6.07) is 0. The van der Waals surface area contributed by atoms with Crippen LogP contribution in [0.1, 0.15) is 129 Å². The molecule has 1 N–H and O–H groups in total. The maximum atomic E-state index is 9.43. The average molecular weight is 401 g/mol. The monoisotopic (exact) mass is 400 g/mol. The lowest BCUT2D eigenvalue weighted by Crippen LogP contribution is -2.24. The van der Waals surface area contributed by atoms with Crippen molar-refractivity contribution in [2.24, 2.45) is 0 Å². The Kier molecular flexibility index (Phi) is 24.8. The third-order valence-corrected chi connectivity index (χ3v) is 5.50. The summed E-state index contributed by atoms with van der Waals surface area (Å²) in [5.41, 5.74) is 0. The summed E-state index contributed by atoms with van der Waals surface area (Å²) in [5.74, 6) is 0. The van der Waals surface area contributed by atoms with Crippen LogP contribution >= 0.6 is 0 Å². The zero-order valence-electron chi connectivity index (χ0n) is 19.4. The van der Waals surface area contributed by atoms with Crippen molar-refractivity contribution in [1.29, 1.82) is 0 Å². The molecular formula is C25H52O3. The highest BCUT2D eigenvalue weighted by Crippen LogP contribution is 2.11. The van der Waals surface area contributed by atoms with E-state index < -0.39 is 0 Å². The molecule has 0 aromatic carbocycles. The van der Waals surface area contributed by atoms with E-state index in [2.05, 4.69) is 13.8 Å². The number of unbranched alkanes of at least 4 members (excludes halogenated alkanes) is 16. The van der Waals surface area contributed by atoms with Gasteiger partial charge in [-0.1, -0.05) is 117 Å². The van der Waals surface area contributed by atoms with Gasteiger partial charge in [-0.3, -0.25) is 0 Å². The standard InChI is InChI=1S/C25H52O3/c1-3-5-7-9-11-13-15-17-19-21-27-24-25(23-26)28-22-20-18-16-14-12-10-8-6-4-2/h25-26H,3-24H2,1-2H3. The van der Waals surface area contributed by atoms with Crippen LogP contribution in [-0.4, -0.2) is 37.6 Å². The summed E-state index contributed by atoms with van der Waals surface area (Å²) in [7, 11) is 0. The van der Waals surface area contributed by atoms with Crippen molar-refractivity contribution in [1.82, 2.24) is 0 Å². The van der Waals surface area contributed by atoms with E-state index in [-0.39, 0.29) is 12.7 Å². The highest BCUT2D eigenvalue weighted by Gasteiger charge is 2.07. The summed E-state index contributed by atoms with van der Waals surface area (Å²) in [4.78, 5) is 0. The van der Waals surface area contributed by atoms with Crippen LogP contribution in [0.3, 0.4) is 0 Å². The molecule has 0 rings (SSSR count). The Morgan fingerprint density at radius 3 is 1.36 bits per heavy atom. The van der Waals surface area contributed by atoms with Gasteiger partial charge in [0.25, 0.3) is 0 Å². The van der Waals surface area contributed by atoms with Crippen molar-refractivity contribution in [2.75, 3.05) is 26.4 Å². The van der Waals surface area contributed by atoms with Crippen LogP contribution in [0.2, 0.25) is 0 Å². The topological polar surface area (TPSA) is 38.7 Å². The summed E-state index contributed by atoms with van der Waals surface area (Å²) in [5, 5.41) is 9.43. The maximum absolute atomic E-state index is 9.43. The van der Waals surface area contributed by atoms with Crippen molar-refractivity contribution in [2.45, 2.75) is 136 Å². The Balaban J connectivity index is 3.27. The molecule has 28 heavy (non-hydrogen) atoms. The lowest BCUT2D eigenvalue weighted by atomic mass is 10.1. The zero-order chi connectivity index (χ0) is 20.5. The number of aliphatic hydroxyl groups is 1. The van der Waals surface area contributed by atoms with Gasteiger partial charge in [-0.2, -0.15) is 0 Å². The predicted octanol–water partition coefficient (Wildman–Crippen LogP) is 7.44. The van der Waals surface area contributed by atoms with Gasteiger partial charge < -0.3 is 14.6 Å². The van der Waals surface area contributed by atoms with E-state index in [4.69, 9.17) is 9.47 Å². The molecule has 0 saturated carbocycles. The minimum Gasteiger partial charge on any atom is -0.394 e. The molecule has 0 bridgehead atoms. The largest absolute Gasteiger partial charge is 0.394 e. The van der Waals surface area contributed by atoms with E-state index in [1.165, 1.54) is 103 Å². The Morgan fingerprint density at radius 1 is 0.536 bits per heavy atom. The number of hydrogen-bond acceptors (Lipinski definition) is 3. The predicted molar refractivity (Wildman–Crippen MR) is 122 cm³/mol. The first kappa shape index (κ1) is 27.9. The van der Waals surface area contributed by atoms with Crippen LogP contribution < -0.4 is 0 Å². The molecule has 3 nitrogen and oxygen atoms in total. The van der Waals surface area contributed by atoms with Crippen LogP contribution in [0.15, 0.2) is 0 Å². The molecule has 0 aromatic heterocycles. The smallest absolute Gasteiger partial charge is 0.104 e. The van der Waals surface area contributed by atoms with E-state index in [1.807, 2.05) is 0 Å². The number of aliphatic hydroxyl groups excluding tert-OH is 1. The average Bonchev–Trinajstić information content (AvgIpc) is 2.71. The Hall–Kier alpha value is -0.120. The molecule has 0 aliphatic rings. The highest BCUT2D eigenvalue weighted by atomic mass is 16.5. The van der Waals surface area contributed by atoms with Gasteiger partial charge in [0, 0.05) is 13.2 Å². The Labute approximate surface area is 177 Å². The number of rotatable bonds is 24. The first-order valence-electron chi connectivity index (χ1n) is 12.6. The fourth-order valence-corrected chi connectivity index (χ4v) is 3.55. The molecule has 1 atom stereocenters. The third kappa shape index (κ3) is 22.2. The van der Waals surface area contributed by atoms with Gasteiger partial charge in [-0.15, -0.1) is 0 Å². The highest BCUT2D eigenvalue weighted by molar-refractivity contribution is 4.55. The second-order valence-corrected chi connectivity index (χ2v) is 8.41. The minimum atomic E-state index is -0.146. The van der Waals surface area contributed by atoms with E-state index in [0.717, 1.165) is 26.1 Å². The summed E-state index contributed by atoms with van der Waals surface area (Å²) in [6.07, 6.45) is 23.8. The second-order valence-electron chi connectivity index (χ2n) is 8.41. The lowest BCUT2D eigenvalue weighted by molar-refractivity contribution is -0.0437.